The van der Waals surface area contributed by atoms with Crippen LogP contribution in [0.25, 0.3) is 0 Å². The van der Waals surface area contributed by atoms with Crippen molar-refractivity contribution in [2.75, 3.05) is 18.1 Å². The van der Waals surface area contributed by atoms with E-state index in [1.165, 1.54) is 30.6 Å². The summed E-state index contributed by atoms with van der Waals surface area (Å²) in [5, 5.41) is 6.21. The van der Waals surface area contributed by atoms with Gasteiger partial charge in [0.2, 0.25) is 11.8 Å². The van der Waals surface area contributed by atoms with Crippen LogP contribution in [0.1, 0.15) is 65.9 Å². The summed E-state index contributed by atoms with van der Waals surface area (Å²) in [6.07, 6.45) is 10.5. The standard InChI is InChI=1S/C25H31BrN4O3S/c26-17-13-21-25(27-14-17)33-11-10-30(21)15-19-8-9-22(34-19)24(32)29-20(12-16-4-1-2-5-16)23(31)28-18-6-3-7-18/h8-9,13-14,16,18,20H,1-7,10-12,15H2,(H,28,31)(H,29,32)/t20-/m0/s1. The van der Waals surface area contributed by atoms with E-state index in [0.29, 0.717) is 29.8 Å². The number of hydrogen-bond acceptors (Lipinski definition) is 6. The van der Waals surface area contributed by atoms with Crippen molar-refractivity contribution in [2.24, 2.45) is 5.92 Å². The second-order valence-corrected chi connectivity index (χ2v) is 11.6. The van der Waals surface area contributed by atoms with Crippen molar-refractivity contribution < 1.29 is 14.3 Å². The zero-order chi connectivity index (χ0) is 23.5. The third-order valence-electron chi connectivity index (χ3n) is 7.09. The SMILES string of the molecule is O=C(N[C@@H](CC1CCCC1)C(=O)NC1CCC1)c1ccc(CN2CCOc3ncc(Br)cc32)s1. The maximum atomic E-state index is 13.1. The number of amides is 2. The zero-order valence-corrected chi connectivity index (χ0v) is 21.6. The zero-order valence-electron chi connectivity index (χ0n) is 19.2. The molecule has 2 aromatic rings. The van der Waals surface area contributed by atoms with Crippen molar-refractivity contribution in [2.45, 2.75) is 70.0 Å². The van der Waals surface area contributed by atoms with E-state index in [9.17, 15) is 9.59 Å². The van der Waals surface area contributed by atoms with Gasteiger partial charge in [0, 0.05) is 21.6 Å². The quantitative estimate of drug-likeness (QED) is 0.503. The molecule has 3 heterocycles. The maximum Gasteiger partial charge on any atom is 0.262 e. The van der Waals surface area contributed by atoms with Crippen LogP contribution in [0.2, 0.25) is 0 Å². The average Bonchev–Trinajstić information content (AvgIpc) is 3.48. The number of carbonyl (C=O) groups excluding carboxylic acids is 2. The number of carbonyl (C=O) groups is 2. The minimum absolute atomic E-state index is 0.0234. The molecule has 9 heteroatoms. The van der Waals surface area contributed by atoms with Crippen LogP contribution in [-0.2, 0) is 11.3 Å². The summed E-state index contributed by atoms with van der Waals surface area (Å²) in [4.78, 5) is 34.4. The largest absolute Gasteiger partial charge is 0.474 e. The molecule has 5 rings (SSSR count). The van der Waals surface area contributed by atoms with Crippen LogP contribution in [0.15, 0.2) is 28.9 Å². The molecule has 2 fully saturated rings. The van der Waals surface area contributed by atoms with Crippen molar-refractivity contribution in [1.29, 1.82) is 0 Å². The van der Waals surface area contributed by atoms with Gasteiger partial charge in [0.05, 0.1) is 18.0 Å². The first-order chi connectivity index (χ1) is 16.5. The fraction of sp³-hybridized carbons (Fsp3) is 0.560. The molecular formula is C25H31BrN4O3S. The highest BCUT2D eigenvalue weighted by Crippen LogP contribution is 2.34. The first-order valence-corrected chi connectivity index (χ1v) is 13.9. The van der Waals surface area contributed by atoms with Gasteiger partial charge in [-0.2, -0.15) is 0 Å². The molecule has 0 radical (unpaired) electrons. The van der Waals surface area contributed by atoms with Gasteiger partial charge in [-0.25, -0.2) is 4.98 Å². The van der Waals surface area contributed by atoms with Crippen molar-refractivity contribution in [1.82, 2.24) is 15.6 Å². The van der Waals surface area contributed by atoms with Gasteiger partial charge in [0.1, 0.15) is 18.3 Å². The Morgan fingerprint density at radius 3 is 2.79 bits per heavy atom. The Morgan fingerprint density at radius 1 is 1.21 bits per heavy atom. The number of fused-ring (bicyclic) bond motifs is 1. The van der Waals surface area contributed by atoms with E-state index in [2.05, 4.69) is 36.4 Å². The maximum absolute atomic E-state index is 13.1. The van der Waals surface area contributed by atoms with Crippen LogP contribution in [0.3, 0.4) is 0 Å². The van der Waals surface area contributed by atoms with Crippen LogP contribution in [0.4, 0.5) is 5.69 Å². The lowest BCUT2D eigenvalue weighted by Gasteiger charge is -2.30. The topological polar surface area (TPSA) is 83.6 Å². The van der Waals surface area contributed by atoms with Crippen molar-refractivity contribution >= 4 is 44.8 Å². The molecule has 182 valence electrons. The monoisotopic (exact) mass is 546 g/mol. The van der Waals surface area contributed by atoms with E-state index in [1.807, 2.05) is 18.2 Å². The number of pyridine rings is 1. The van der Waals surface area contributed by atoms with Crippen LogP contribution in [0.5, 0.6) is 5.88 Å². The first kappa shape index (κ1) is 23.6. The molecule has 2 saturated carbocycles. The molecule has 2 aromatic heterocycles. The Labute approximate surface area is 212 Å². The summed E-state index contributed by atoms with van der Waals surface area (Å²) in [6, 6.07) is 5.69. The summed E-state index contributed by atoms with van der Waals surface area (Å²) in [7, 11) is 0. The highest BCUT2D eigenvalue weighted by molar-refractivity contribution is 9.10. The number of halogens is 1. The molecule has 1 aliphatic heterocycles. The molecule has 1 atom stereocenters. The van der Waals surface area contributed by atoms with Crippen molar-refractivity contribution in [3.63, 3.8) is 0 Å². The number of ether oxygens (including phenoxy) is 1. The molecule has 0 bridgehead atoms. The molecule has 2 amide bonds. The number of aromatic nitrogens is 1. The molecule has 7 nitrogen and oxygen atoms in total. The highest BCUT2D eigenvalue weighted by atomic mass is 79.9. The Kier molecular flexibility index (Phi) is 7.39. The molecule has 3 aliphatic rings. The van der Waals surface area contributed by atoms with E-state index in [1.54, 1.807) is 6.20 Å². The van der Waals surface area contributed by atoms with E-state index in [-0.39, 0.29) is 17.9 Å². The molecular weight excluding hydrogens is 516 g/mol. The number of rotatable bonds is 8. The van der Waals surface area contributed by atoms with Gasteiger partial charge < -0.3 is 20.3 Å². The minimum Gasteiger partial charge on any atom is -0.474 e. The number of hydrogen-bond donors (Lipinski definition) is 2. The third-order valence-corrected chi connectivity index (χ3v) is 8.59. The van der Waals surface area contributed by atoms with Crippen LogP contribution < -0.4 is 20.3 Å². The number of nitrogens with one attached hydrogen (secondary N) is 2. The van der Waals surface area contributed by atoms with E-state index >= 15 is 0 Å². The van der Waals surface area contributed by atoms with Crippen molar-refractivity contribution in [3.05, 3.63) is 38.6 Å². The normalized spacial score (nSPS) is 19.1. The van der Waals surface area contributed by atoms with Gasteiger partial charge in [-0.05, 0) is 65.7 Å². The fourth-order valence-corrected chi connectivity index (χ4v) is 6.20. The Balaban J connectivity index is 1.24. The number of anilines is 1. The van der Waals surface area contributed by atoms with Gasteiger partial charge in [-0.3, -0.25) is 9.59 Å². The third kappa shape index (κ3) is 5.57. The predicted molar refractivity (Wildman–Crippen MR) is 136 cm³/mol. The van der Waals surface area contributed by atoms with E-state index < -0.39 is 6.04 Å². The van der Waals surface area contributed by atoms with Gasteiger partial charge in [-0.15, -0.1) is 11.3 Å². The smallest absolute Gasteiger partial charge is 0.262 e. The predicted octanol–water partition coefficient (Wildman–Crippen LogP) is 4.65. The fourth-order valence-electron chi connectivity index (χ4n) is 4.96. The second-order valence-electron chi connectivity index (χ2n) is 9.56. The van der Waals surface area contributed by atoms with Crippen LogP contribution in [-0.4, -0.2) is 42.0 Å². The molecule has 0 aromatic carbocycles. The summed E-state index contributed by atoms with van der Waals surface area (Å²) in [6.45, 7) is 2.02. The molecule has 0 saturated heterocycles. The minimum atomic E-state index is -0.462. The Morgan fingerprint density at radius 2 is 2.03 bits per heavy atom. The van der Waals surface area contributed by atoms with E-state index in [0.717, 1.165) is 53.7 Å². The Hall–Kier alpha value is -2.13. The van der Waals surface area contributed by atoms with Crippen LogP contribution >= 0.6 is 27.3 Å². The lowest BCUT2D eigenvalue weighted by Crippen LogP contribution is -2.51. The summed E-state index contributed by atoms with van der Waals surface area (Å²) < 4.78 is 6.58. The van der Waals surface area contributed by atoms with Gasteiger partial charge in [-0.1, -0.05) is 25.7 Å². The molecule has 34 heavy (non-hydrogen) atoms. The van der Waals surface area contributed by atoms with E-state index in [4.69, 9.17) is 4.74 Å². The number of thiophene rings is 1. The van der Waals surface area contributed by atoms with Crippen molar-refractivity contribution in [3.8, 4) is 5.88 Å². The van der Waals surface area contributed by atoms with Gasteiger partial charge >= 0.3 is 0 Å². The lowest BCUT2D eigenvalue weighted by atomic mass is 9.92. The summed E-state index contributed by atoms with van der Waals surface area (Å²) >= 11 is 4.97. The Bertz CT molecular complexity index is 1030. The van der Waals surface area contributed by atoms with Gasteiger partial charge in [0.15, 0.2) is 0 Å². The van der Waals surface area contributed by atoms with Crippen LogP contribution in [0, 0.1) is 5.92 Å². The molecule has 2 N–H and O–H groups in total. The molecule has 0 spiro atoms. The highest BCUT2D eigenvalue weighted by Gasteiger charge is 2.30. The summed E-state index contributed by atoms with van der Waals surface area (Å²) in [5.41, 5.74) is 0.948. The molecule has 2 aliphatic carbocycles. The second kappa shape index (κ2) is 10.6. The number of nitrogens with zero attached hydrogens (tertiary/aromatic N) is 2. The molecule has 0 unspecified atom stereocenters. The summed E-state index contributed by atoms with van der Waals surface area (Å²) in [5.74, 6) is 0.974. The first-order valence-electron chi connectivity index (χ1n) is 12.3. The van der Waals surface area contributed by atoms with Gasteiger partial charge in [0.25, 0.3) is 5.91 Å². The average molecular weight is 548 g/mol. The lowest BCUT2D eigenvalue weighted by molar-refractivity contribution is -0.124.